The van der Waals surface area contributed by atoms with E-state index in [4.69, 9.17) is 11.6 Å². The Balaban J connectivity index is 2.01. The average molecular weight is 211 g/mol. The third-order valence-corrected chi connectivity index (χ3v) is 5.34. The van der Waals surface area contributed by atoms with Gasteiger partial charge < -0.3 is 0 Å². The van der Waals surface area contributed by atoms with Gasteiger partial charge in [-0.15, -0.1) is 11.6 Å². The first-order chi connectivity index (χ1) is 6.66. The molecule has 0 amide bonds. The van der Waals surface area contributed by atoms with E-state index in [1.165, 1.54) is 25.7 Å². The molecule has 4 aliphatic rings. The minimum atomic E-state index is 0.465. The lowest BCUT2D eigenvalue weighted by molar-refractivity contribution is 0.0730. The van der Waals surface area contributed by atoms with Crippen molar-refractivity contribution in [2.75, 3.05) is 0 Å². The summed E-state index contributed by atoms with van der Waals surface area (Å²) in [5, 5.41) is 0.465. The van der Waals surface area contributed by atoms with Crippen LogP contribution in [0.2, 0.25) is 0 Å². The zero-order valence-electron chi connectivity index (χ0n) is 9.09. The third kappa shape index (κ3) is 1.13. The third-order valence-electron chi connectivity index (χ3n) is 4.68. The van der Waals surface area contributed by atoms with E-state index in [0.717, 1.165) is 23.7 Å². The van der Waals surface area contributed by atoms with Crippen molar-refractivity contribution in [1.82, 2.24) is 0 Å². The molecule has 5 atom stereocenters. The molecule has 0 aromatic carbocycles. The first-order valence-corrected chi connectivity index (χ1v) is 6.41. The van der Waals surface area contributed by atoms with Gasteiger partial charge in [-0.3, -0.25) is 0 Å². The van der Waals surface area contributed by atoms with Crippen LogP contribution >= 0.6 is 11.6 Å². The summed E-state index contributed by atoms with van der Waals surface area (Å²) in [7, 11) is 0. The van der Waals surface area contributed by atoms with Gasteiger partial charge in [0.2, 0.25) is 0 Å². The molecule has 4 fully saturated rings. The second-order valence-electron chi connectivity index (χ2n) is 5.77. The van der Waals surface area contributed by atoms with Gasteiger partial charge in [-0.05, 0) is 63.2 Å². The highest BCUT2D eigenvalue weighted by atomic mass is 35.5. The van der Waals surface area contributed by atoms with Gasteiger partial charge in [0.15, 0.2) is 0 Å². The smallest absolute Gasteiger partial charge is 0.0430 e. The molecule has 0 aromatic heterocycles. The maximum atomic E-state index is 6.58. The normalized spacial score (nSPS) is 49.9. The van der Waals surface area contributed by atoms with Gasteiger partial charge in [-0.2, -0.15) is 0 Å². The maximum absolute atomic E-state index is 6.58. The minimum Gasteiger partial charge on any atom is -0.122 e. The fraction of sp³-hybridized carbons (Fsp3) is 0.846. The molecule has 0 radical (unpaired) electrons. The largest absolute Gasteiger partial charge is 0.122 e. The van der Waals surface area contributed by atoms with Crippen molar-refractivity contribution in [2.24, 2.45) is 23.7 Å². The molecule has 1 unspecified atom stereocenters. The zero-order valence-corrected chi connectivity index (χ0v) is 9.85. The number of hydrogen-bond acceptors (Lipinski definition) is 0. The summed E-state index contributed by atoms with van der Waals surface area (Å²) in [6.07, 6.45) is 5.68. The van der Waals surface area contributed by atoms with Gasteiger partial charge in [0.25, 0.3) is 0 Å². The Morgan fingerprint density at radius 1 is 1.14 bits per heavy atom. The molecule has 0 aromatic rings. The summed E-state index contributed by atoms with van der Waals surface area (Å²) in [6, 6.07) is 0. The molecule has 4 saturated carbocycles. The van der Waals surface area contributed by atoms with E-state index >= 15 is 0 Å². The predicted molar refractivity (Wildman–Crippen MR) is 60.4 cm³/mol. The highest BCUT2D eigenvalue weighted by Crippen LogP contribution is 2.58. The van der Waals surface area contributed by atoms with Crippen molar-refractivity contribution in [2.45, 2.75) is 44.9 Å². The van der Waals surface area contributed by atoms with E-state index in [-0.39, 0.29) is 0 Å². The molecule has 1 heteroatoms. The lowest BCUT2D eigenvalue weighted by atomic mass is 9.53. The van der Waals surface area contributed by atoms with Crippen LogP contribution in [-0.4, -0.2) is 5.38 Å². The molecular formula is C13H19Cl. The lowest BCUT2D eigenvalue weighted by Crippen LogP contribution is -2.47. The van der Waals surface area contributed by atoms with Crippen molar-refractivity contribution in [3.8, 4) is 0 Å². The molecule has 0 N–H and O–H groups in total. The predicted octanol–water partition coefficient (Wildman–Crippen LogP) is 4.00. The first kappa shape index (κ1) is 9.27. The molecule has 4 aliphatic carbocycles. The van der Waals surface area contributed by atoms with E-state index < -0.39 is 0 Å². The van der Waals surface area contributed by atoms with Gasteiger partial charge >= 0.3 is 0 Å². The van der Waals surface area contributed by atoms with E-state index in [1.807, 2.05) is 0 Å². The van der Waals surface area contributed by atoms with Crippen molar-refractivity contribution in [1.29, 1.82) is 0 Å². The number of alkyl halides is 1. The quantitative estimate of drug-likeness (QED) is 0.419. The van der Waals surface area contributed by atoms with Crippen LogP contribution in [0.25, 0.3) is 0 Å². The Kier molecular flexibility index (Phi) is 1.99. The number of halogens is 1. The Morgan fingerprint density at radius 2 is 1.93 bits per heavy atom. The van der Waals surface area contributed by atoms with Gasteiger partial charge in [-0.25, -0.2) is 0 Å². The Morgan fingerprint density at radius 3 is 2.64 bits per heavy atom. The standard InChI is InChI=1S/C13H19Cl/c1-7(2)12-9-3-8-4-10(6-9)13(14)11(12)5-8/h8-11,13H,3-6H2,1-2H3/t8-,9-,10?,11+,13+/m1/s1. The SMILES string of the molecule is CC(C)=C1[C@H]2CC3C[C@@H](C2)C[C@@H]1[C@H]3Cl. The Hall–Kier alpha value is 0.0300. The highest BCUT2D eigenvalue weighted by molar-refractivity contribution is 6.21. The van der Waals surface area contributed by atoms with Gasteiger partial charge in [-0.1, -0.05) is 11.1 Å². The van der Waals surface area contributed by atoms with Crippen molar-refractivity contribution < 1.29 is 0 Å². The van der Waals surface area contributed by atoms with Crippen molar-refractivity contribution >= 4 is 11.6 Å². The lowest BCUT2D eigenvalue weighted by Gasteiger charge is -2.54. The zero-order chi connectivity index (χ0) is 9.87. The topological polar surface area (TPSA) is 0 Å². The van der Waals surface area contributed by atoms with Gasteiger partial charge in [0, 0.05) is 5.38 Å². The first-order valence-electron chi connectivity index (χ1n) is 5.98. The molecule has 0 nitrogen and oxygen atoms in total. The fourth-order valence-electron chi connectivity index (χ4n) is 4.39. The summed E-state index contributed by atoms with van der Waals surface area (Å²) in [5.41, 5.74) is 3.31. The molecule has 0 spiro atoms. The highest BCUT2D eigenvalue weighted by Gasteiger charge is 2.50. The number of hydrogen-bond donors (Lipinski definition) is 0. The second-order valence-corrected chi connectivity index (χ2v) is 6.28. The molecule has 0 heterocycles. The number of allylic oxidation sites excluding steroid dienone is 2. The molecule has 4 rings (SSSR count). The summed E-state index contributed by atoms with van der Waals surface area (Å²) in [6.45, 7) is 4.56. The summed E-state index contributed by atoms with van der Waals surface area (Å²) < 4.78 is 0. The van der Waals surface area contributed by atoms with Crippen LogP contribution in [0.4, 0.5) is 0 Å². The Bertz CT molecular complexity index is 288. The maximum Gasteiger partial charge on any atom is 0.0430 e. The monoisotopic (exact) mass is 210 g/mol. The van der Waals surface area contributed by atoms with E-state index in [2.05, 4.69) is 13.8 Å². The van der Waals surface area contributed by atoms with Crippen LogP contribution in [0.1, 0.15) is 39.5 Å². The Labute approximate surface area is 91.7 Å². The molecule has 78 valence electrons. The van der Waals surface area contributed by atoms with Crippen LogP contribution in [-0.2, 0) is 0 Å². The van der Waals surface area contributed by atoms with Gasteiger partial charge in [0.1, 0.15) is 0 Å². The van der Waals surface area contributed by atoms with Crippen LogP contribution < -0.4 is 0 Å². The van der Waals surface area contributed by atoms with Crippen LogP contribution in [0, 0.1) is 23.7 Å². The molecular weight excluding hydrogens is 192 g/mol. The summed E-state index contributed by atoms with van der Waals surface area (Å²) >= 11 is 6.58. The average Bonchev–Trinajstić information content (AvgIpc) is 2.12. The molecule has 0 aliphatic heterocycles. The fourth-order valence-corrected chi connectivity index (χ4v) is 4.83. The van der Waals surface area contributed by atoms with Gasteiger partial charge in [0.05, 0.1) is 0 Å². The van der Waals surface area contributed by atoms with E-state index in [9.17, 15) is 0 Å². The minimum absolute atomic E-state index is 0.465. The second kappa shape index (κ2) is 3.01. The molecule has 0 saturated heterocycles. The van der Waals surface area contributed by atoms with Crippen LogP contribution in [0.5, 0.6) is 0 Å². The van der Waals surface area contributed by atoms with Crippen LogP contribution in [0.15, 0.2) is 11.1 Å². The van der Waals surface area contributed by atoms with Crippen LogP contribution in [0.3, 0.4) is 0 Å². The van der Waals surface area contributed by atoms with E-state index in [0.29, 0.717) is 5.38 Å². The summed E-state index contributed by atoms with van der Waals surface area (Å²) in [4.78, 5) is 0. The van der Waals surface area contributed by atoms with Crippen molar-refractivity contribution in [3.05, 3.63) is 11.1 Å². The molecule has 14 heavy (non-hydrogen) atoms. The van der Waals surface area contributed by atoms with Crippen molar-refractivity contribution in [3.63, 3.8) is 0 Å². The summed E-state index contributed by atoms with van der Waals surface area (Å²) in [5.74, 6) is 3.53. The molecule has 4 bridgehead atoms. The number of rotatable bonds is 0. The van der Waals surface area contributed by atoms with E-state index in [1.54, 1.807) is 11.1 Å².